The van der Waals surface area contributed by atoms with E-state index in [1.807, 2.05) is 6.92 Å². The van der Waals surface area contributed by atoms with Crippen LogP contribution in [0.1, 0.15) is 28.1 Å². The Morgan fingerprint density at radius 2 is 2.13 bits per heavy atom. The molecule has 1 aliphatic rings. The fourth-order valence-corrected chi connectivity index (χ4v) is 3.65. The second kappa shape index (κ2) is 6.78. The lowest BCUT2D eigenvalue weighted by atomic mass is 10.1. The lowest BCUT2D eigenvalue weighted by molar-refractivity contribution is -0.117. The number of aliphatic hydroxyl groups is 1. The molecule has 0 bridgehead atoms. The van der Waals surface area contributed by atoms with Crippen LogP contribution in [0.4, 0.5) is 5.13 Å². The van der Waals surface area contributed by atoms with Gasteiger partial charge in [0.15, 0.2) is 5.13 Å². The molecule has 2 heterocycles. The molecular formula is C17H21N3O2S. The van der Waals surface area contributed by atoms with Crippen molar-refractivity contribution in [3.63, 3.8) is 0 Å². The predicted molar refractivity (Wildman–Crippen MR) is 91.9 cm³/mol. The van der Waals surface area contributed by atoms with Gasteiger partial charge in [-0.05, 0) is 25.8 Å². The van der Waals surface area contributed by atoms with Crippen molar-refractivity contribution in [2.45, 2.75) is 38.8 Å². The van der Waals surface area contributed by atoms with Gasteiger partial charge in [-0.25, -0.2) is 4.98 Å². The number of hydrogen-bond acceptors (Lipinski definition) is 5. The predicted octanol–water partition coefficient (Wildman–Crippen LogP) is 2.01. The molecule has 2 aromatic rings. The normalized spacial score (nSPS) is 20.7. The topological polar surface area (TPSA) is 74.2 Å². The molecular weight excluding hydrogens is 310 g/mol. The summed E-state index contributed by atoms with van der Waals surface area (Å²) in [6, 6.07) is 8.11. The van der Waals surface area contributed by atoms with E-state index in [-0.39, 0.29) is 11.9 Å². The largest absolute Gasteiger partial charge is 0.392 e. The van der Waals surface area contributed by atoms with Gasteiger partial charge >= 0.3 is 0 Å². The molecule has 0 spiro atoms. The summed E-state index contributed by atoms with van der Waals surface area (Å²) in [5, 5.41) is 16.0. The number of carbonyl (C=O) groups is 1. The summed E-state index contributed by atoms with van der Waals surface area (Å²) in [7, 11) is 0. The van der Waals surface area contributed by atoms with Crippen molar-refractivity contribution < 1.29 is 9.90 Å². The van der Waals surface area contributed by atoms with Crippen LogP contribution < -0.4 is 10.6 Å². The molecule has 23 heavy (non-hydrogen) atoms. The molecule has 6 heteroatoms. The Labute approximate surface area is 139 Å². The molecule has 1 saturated heterocycles. The van der Waals surface area contributed by atoms with E-state index in [0.717, 1.165) is 17.0 Å². The third-order valence-corrected chi connectivity index (χ3v) is 5.11. The van der Waals surface area contributed by atoms with Gasteiger partial charge in [0.05, 0.1) is 17.8 Å². The monoisotopic (exact) mass is 331 g/mol. The van der Waals surface area contributed by atoms with Crippen LogP contribution in [0.2, 0.25) is 0 Å². The Morgan fingerprint density at radius 3 is 2.78 bits per heavy atom. The van der Waals surface area contributed by atoms with E-state index in [0.29, 0.717) is 18.1 Å². The fourth-order valence-electron chi connectivity index (χ4n) is 2.65. The van der Waals surface area contributed by atoms with E-state index in [1.165, 1.54) is 22.5 Å². The summed E-state index contributed by atoms with van der Waals surface area (Å²) in [5.41, 5.74) is 3.43. The van der Waals surface area contributed by atoms with E-state index in [9.17, 15) is 9.90 Å². The van der Waals surface area contributed by atoms with Gasteiger partial charge in [0.2, 0.25) is 5.91 Å². The van der Waals surface area contributed by atoms with Crippen molar-refractivity contribution in [1.29, 1.82) is 0 Å². The summed E-state index contributed by atoms with van der Waals surface area (Å²) in [6.45, 7) is 4.50. The number of thiazole rings is 1. The molecule has 1 aromatic carbocycles. The maximum atomic E-state index is 12.2. The number of nitrogens with zero attached hydrogens (tertiary/aromatic N) is 1. The molecule has 122 valence electrons. The number of benzene rings is 1. The third-order valence-electron chi connectivity index (χ3n) is 4.03. The molecule has 3 N–H and O–H groups in total. The van der Waals surface area contributed by atoms with Crippen LogP contribution in [0.25, 0.3) is 0 Å². The van der Waals surface area contributed by atoms with E-state index >= 15 is 0 Å². The molecule has 2 atom stereocenters. The van der Waals surface area contributed by atoms with Crippen LogP contribution in [0.15, 0.2) is 24.3 Å². The van der Waals surface area contributed by atoms with Crippen molar-refractivity contribution in [3.8, 4) is 0 Å². The Morgan fingerprint density at radius 1 is 1.39 bits per heavy atom. The zero-order valence-electron chi connectivity index (χ0n) is 13.3. The van der Waals surface area contributed by atoms with Gasteiger partial charge in [-0.1, -0.05) is 29.8 Å². The molecule has 1 aliphatic heterocycles. The number of hydrogen-bond donors (Lipinski definition) is 3. The van der Waals surface area contributed by atoms with Crippen molar-refractivity contribution in [2.75, 3.05) is 11.9 Å². The number of anilines is 1. The number of amides is 1. The smallest absolute Gasteiger partial charge is 0.243 e. The lowest BCUT2D eigenvalue weighted by Crippen LogP contribution is -2.35. The quantitative estimate of drug-likeness (QED) is 0.801. The van der Waals surface area contributed by atoms with Crippen LogP contribution in [-0.4, -0.2) is 34.7 Å². The van der Waals surface area contributed by atoms with E-state index < -0.39 is 6.10 Å². The van der Waals surface area contributed by atoms with E-state index in [2.05, 4.69) is 46.8 Å². The molecule has 0 aliphatic carbocycles. The molecule has 1 amide bonds. The highest BCUT2D eigenvalue weighted by atomic mass is 32.1. The Bertz CT molecular complexity index is 696. The first-order valence-corrected chi connectivity index (χ1v) is 8.57. The Kier molecular flexibility index (Phi) is 4.75. The number of aromatic nitrogens is 1. The molecule has 1 aromatic heterocycles. The SMILES string of the molecule is Cc1ccc(Cc2sc(NC(=O)[C@H]3C[C@@H](O)CN3)nc2C)cc1. The van der Waals surface area contributed by atoms with Gasteiger partial charge in [-0.2, -0.15) is 0 Å². The van der Waals surface area contributed by atoms with Crippen molar-refractivity contribution >= 4 is 22.4 Å². The first kappa shape index (κ1) is 16.1. The second-order valence-electron chi connectivity index (χ2n) is 6.03. The maximum absolute atomic E-state index is 12.2. The first-order chi connectivity index (χ1) is 11.0. The second-order valence-corrected chi connectivity index (χ2v) is 7.11. The minimum Gasteiger partial charge on any atom is -0.392 e. The van der Waals surface area contributed by atoms with Gasteiger partial charge in [-0.3, -0.25) is 4.79 Å². The summed E-state index contributed by atoms with van der Waals surface area (Å²) < 4.78 is 0. The zero-order valence-corrected chi connectivity index (χ0v) is 14.1. The van der Waals surface area contributed by atoms with Crippen molar-refractivity contribution in [1.82, 2.24) is 10.3 Å². The molecule has 0 radical (unpaired) electrons. The van der Waals surface area contributed by atoms with Crippen LogP contribution in [0.5, 0.6) is 0 Å². The van der Waals surface area contributed by atoms with Crippen LogP contribution in [-0.2, 0) is 11.2 Å². The number of rotatable bonds is 4. The zero-order chi connectivity index (χ0) is 16.4. The number of nitrogens with one attached hydrogen (secondary N) is 2. The van der Waals surface area contributed by atoms with Gasteiger partial charge in [-0.15, -0.1) is 11.3 Å². The van der Waals surface area contributed by atoms with Gasteiger partial charge in [0.25, 0.3) is 0 Å². The minimum atomic E-state index is -0.444. The van der Waals surface area contributed by atoms with Crippen LogP contribution in [0, 0.1) is 13.8 Å². The summed E-state index contributed by atoms with van der Waals surface area (Å²) in [6.07, 6.45) is 0.827. The Balaban J connectivity index is 1.66. The van der Waals surface area contributed by atoms with E-state index in [1.54, 1.807) is 0 Å². The summed E-state index contributed by atoms with van der Waals surface area (Å²) in [4.78, 5) is 17.8. The van der Waals surface area contributed by atoms with Crippen molar-refractivity contribution in [3.05, 3.63) is 46.0 Å². The molecule has 5 nitrogen and oxygen atoms in total. The summed E-state index contributed by atoms with van der Waals surface area (Å²) in [5.74, 6) is -0.128. The number of aryl methyl sites for hydroxylation is 2. The number of carbonyl (C=O) groups excluding carboxylic acids is 1. The summed E-state index contributed by atoms with van der Waals surface area (Å²) >= 11 is 1.51. The molecule has 1 fully saturated rings. The van der Waals surface area contributed by atoms with Crippen LogP contribution >= 0.6 is 11.3 Å². The minimum absolute atomic E-state index is 0.128. The van der Waals surface area contributed by atoms with Gasteiger partial charge in [0.1, 0.15) is 0 Å². The molecule has 3 rings (SSSR count). The maximum Gasteiger partial charge on any atom is 0.243 e. The lowest BCUT2D eigenvalue weighted by Gasteiger charge is -2.08. The average Bonchev–Trinajstić information content (AvgIpc) is 3.08. The third kappa shape index (κ3) is 3.96. The first-order valence-electron chi connectivity index (χ1n) is 7.75. The highest BCUT2D eigenvalue weighted by molar-refractivity contribution is 7.15. The standard InChI is InChI=1S/C17H21N3O2S/c1-10-3-5-12(6-4-10)7-15-11(2)19-17(23-15)20-16(22)14-8-13(21)9-18-14/h3-6,13-14,18,21H,7-9H2,1-2H3,(H,19,20,22)/t13-,14-/m1/s1. The van der Waals surface area contributed by atoms with Gasteiger partial charge < -0.3 is 15.7 Å². The highest BCUT2D eigenvalue weighted by Gasteiger charge is 2.28. The van der Waals surface area contributed by atoms with Gasteiger partial charge in [0, 0.05) is 17.8 Å². The average molecular weight is 331 g/mol. The Hall–Kier alpha value is -1.76. The van der Waals surface area contributed by atoms with E-state index in [4.69, 9.17) is 0 Å². The molecule has 0 saturated carbocycles. The number of aliphatic hydroxyl groups excluding tert-OH is 1. The molecule has 0 unspecified atom stereocenters. The fraction of sp³-hybridized carbons (Fsp3) is 0.412. The highest BCUT2D eigenvalue weighted by Crippen LogP contribution is 2.25. The van der Waals surface area contributed by atoms with Crippen molar-refractivity contribution in [2.24, 2.45) is 0 Å². The number of β-amino-alcohol motifs (C(OH)–C–C–N with tert-alkyl or cyclic N) is 1. The van der Waals surface area contributed by atoms with Crippen LogP contribution in [0.3, 0.4) is 0 Å².